The highest BCUT2D eigenvalue weighted by Gasteiger charge is 2.18. The topological polar surface area (TPSA) is 84.5 Å². The number of carbonyl (C=O) groups is 1. The fourth-order valence-electron chi connectivity index (χ4n) is 1.47. The van der Waals surface area contributed by atoms with Gasteiger partial charge in [-0.25, -0.2) is 18.6 Å². The minimum absolute atomic E-state index is 0.0566. The SMILES string of the molecule is CCOC(=O)NNS(=O)(=O)c1ccc(C(C)(C)C)cc1. The molecule has 0 saturated heterocycles. The number of carbonyl (C=O) groups excluding carboxylic acids is 1. The summed E-state index contributed by atoms with van der Waals surface area (Å²) >= 11 is 0. The van der Waals surface area contributed by atoms with Crippen LogP contribution in [0.3, 0.4) is 0 Å². The van der Waals surface area contributed by atoms with Crippen molar-refractivity contribution in [2.75, 3.05) is 6.61 Å². The van der Waals surface area contributed by atoms with Crippen LogP contribution in [0.1, 0.15) is 33.3 Å². The summed E-state index contributed by atoms with van der Waals surface area (Å²) in [5, 5.41) is 0. The van der Waals surface area contributed by atoms with Crippen molar-refractivity contribution >= 4 is 16.1 Å². The average Bonchev–Trinajstić information content (AvgIpc) is 2.36. The minimum atomic E-state index is -3.80. The first-order chi connectivity index (χ1) is 9.16. The van der Waals surface area contributed by atoms with Gasteiger partial charge >= 0.3 is 6.09 Å². The zero-order valence-corrected chi connectivity index (χ0v) is 12.9. The molecule has 20 heavy (non-hydrogen) atoms. The molecule has 0 bridgehead atoms. The third-order valence-electron chi connectivity index (χ3n) is 2.59. The summed E-state index contributed by atoms with van der Waals surface area (Å²) in [5.74, 6) is 0. The second kappa shape index (κ2) is 6.23. The van der Waals surface area contributed by atoms with Crippen LogP contribution in [-0.4, -0.2) is 21.1 Å². The molecule has 2 N–H and O–H groups in total. The van der Waals surface area contributed by atoms with Crippen LogP contribution in [0.5, 0.6) is 0 Å². The van der Waals surface area contributed by atoms with E-state index in [0.717, 1.165) is 5.56 Å². The fraction of sp³-hybridized carbons (Fsp3) is 0.462. The quantitative estimate of drug-likeness (QED) is 0.832. The van der Waals surface area contributed by atoms with Crippen molar-refractivity contribution in [3.05, 3.63) is 29.8 Å². The van der Waals surface area contributed by atoms with Gasteiger partial charge in [-0.15, -0.1) is 4.83 Å². The van der Waals surface area contributed by atoms with Crippen molar-refractivity contribution in [2.45, 2.75) is 38.0 Å². The molecule has 1 aromatic carbocycles. The van der Waals surface area contributed by atoms with Crippen LogP contribution in [0, 0.1) is 0 Å². The highest BCUT2D eigenvalue weighted by molar-refractivity contribution is 7.89. The van der Waals surface area contributed by atoms with Crippen LogP contribution < -0.4 is 10.3 Å². The van der Waals surface area contributed by atoms with Gasteiger partial charge in [0.15, 0.2) is 0 Å². The molecule has 0 heterocycles. The number of amides is 1. The molecule has 0 unspecified atom stereocenters. The maximum absolute atomic E-state index is 11.9. The zero-order chi connectivity index (χ0) is 15.4. The Morgan fingerprint density at radius 1 is 1.20 bits per heavy atom. The van der Waals surface area contributed by atoms with Gasteiger partial charge in [0, 0.05) is 0 Å². The lowest BCUT2D eigenvalue weighted by Crippen LogP contribution is -2.41. The molecule has 0 aliphatic rings. The average molecular weight is 300 g/mol. The maximum Gasteiger partial charge on any atom is 0.422 e. The lowest BCUT2D eigenvalue weighted by molar-refractivity contribution is 0.150. The van der Waals surface area contributed by atoms with E-state index in [4.69, 9.17) is 0 Å². The molecule has 0 radical (unpaired) electrons. The Labute approximate surface area is 119 Å². The van der Waals surface area contributed by atoms with Crippen LogP contribution >= 0.6 is 0 Å². The normalized spacial score (nSPS) is 12.0. The van der Waals surface area contributed by atoms with Crippen molar-refractivity contribution in [3.8, 4) is 0 Å². The molecule has 7 heteroatoms. The van der Waals surface area contributed by atoms with Crippen molar-refractivity contribution in [2.24, 2.45) is 0 Å². The van der Waals surface area contributed by atoms with E-state index in [-0.39, 0.29) is 16.9 Å². The molecule has 0 atom stereocenters. The molecule has 1 aromatic rings. The molecule has 1 amide bonds. The highest BCUT2D eigenvalue weighted by Crippen LogP contribution is 2.23. The lowest BCUT2D eigenvalue weighted by Gasteiger charge is -2.19. The number of hydrogen-bond acceptors (Lipinski definition) is 4. The van der Waals surface area contributed by atoms with Gasteiger partial charge in [0.1, 0.15) is 0 Å². The van der Waals surface area contributed by atoms with Crippen molar-refractivity contribution in [1.29, 1.82) is 0 Å². The highest BCUT2D eigenvalue weighted by atomic mass is 32.2. The second-order valence-corrected chi connectivity index (χ2v) is 6.91. The van der Waals surface area contributed by atoms with Gasteiger partial charge in [0.2, 0.25) is 0 Å². The van der Waals surface area contributed by atoms with E-state index in [2.05, 4.69) is 4.74 Å². The summed E-state index contributed by atoms with van der Waals surface area (Å²) in [5.41, 5.74) is 2.93. The van der Waals surface area contributed by atoms with Gasteiger partial charge in [0.05, 0.1) is 11.5 Å². The van der Waals surface area contributed by atoms with Crippen LogP contribution in [0.4, 0.5) is 4.79 Å². The third kappa shape index (κ3) is 4.50. The Kier molecular flexibility index (Phi) is 5.13. The Morgan fingerprint density at radius 2 is 1.75 bits per heavy atom. The Hall–Kier alpha value is -1.60. The molecule has 0 spiro atoms. The summed E-state index contributed by atoms with van der Waals surface area (Å²) < 4.78 is 28.4. The van der Waals surface area contributed by atoms with Gasteiger partial charge in [-0.05, 0) is 30.0 Å². The van der Waals surface area contributed by atoms with Crippen LogP contribution in [0.25, 0.3) is 0 Å². The van der Waals surface area contributed by atoms with E-state index in [1.165, 1.54) is 12.1 Å². The van der Waals surface area contributed by atoms with Crippen molar-refractivity contribution in [3.63, 3.8) is 0 Å². The molecule has 1 rings (SSSR count). The summed E-state index contributed by atoms with van der Waals surface area (Å²) in [7, 11) is -3.80. The van der Waals surface area contributed by atoms with Gasteiger partial charge < -0.3 is 4.74 Å². The summed E-state index contributed by atoms with van der Waals surface area (Å²) in [6, 6.07) is 6.49. The van der Waals surface area contributed by atoms with Gasteiger partial charge in [0.25, 0.3) is 10.0 Å². The van der Waals surface area contributed by atoms with E-state index in [1.54, 1.807) is 19.1 Å². The van der Waals surface area contributed by atoms with Crippen LogP contribution in [0.15, 0.2) is 29.2 Å². The van der Waals surface area contributed by atoms with E-state index >= 15 is 0 Å². The van der Waals surface area contributed by atoms with E-state index in [0.29, 0.717) is 0 Å². The summed E-state index contributed by atoms with van der Waals surface area (Å²) in [6.07, 6.45) is -0.845. The lowest BCUT2D eigenvalue weighted by atomic mass is 9.87. The summed E-state index contributed by atoms with van der Waals surface area (Å²) in [6.45, 7) is 7.90. The monoisotopic (exact) mass is 300 g/mol. The number of ether oxygens (including phenoxy) is 1. The molecule has 0 aromatic heterocycles. The number of hydrogen-bond donors (Lipinski definition) is 2. The van der Waals surface area contributed by atoms with Crippen LogP contribution in [0.2, 0.25) is 0 Å². The van der Waals surface area contributed by atoms with E-state index in [1.807, 2.05) is 31.0 Å². The minimum Gasteiger partial charge on any atom is -0.449 e. The molecule has 0 saturated carbocycles. The second-order valence-electron chi connectivity index (χ2n) is 5.23. The van der Waals surface area contributed by atoms with Crippen LogP contribution in [-0.2, 0) is 20.2 Å². The fourth-order valence-corrected chi connectivity index (χ4v) is 2.30. The zero-order valence-electron chi connectivity index (χ0n) is 12.1. The molecule has 112 valence electrons. The molecule has 0 aliphatic carbocycles. The smallest absolute Gasteiger partial charge is 0.422 e. The Bertz CT molecular complexity index is 559. The largest absolute Gasteiger partial charge is 0.449 e. The van der Waals surface area contributed by atoms with E-state index in [9.17, 15) is 13.2 Å². The van der Waals surface area contributed by atoms with Gasteiger partial charge in [-0.1, -0.05) is 32.9 Å². The maximum atomic E-state index is 11.9. The first-order valence-electron chi connectivity index (χ1n) is 6.22. The van der Waals surface area contributed by atoms with Crippen molar-refractivity contribution in [1.82, 2.24) is 10.3 Å². The van der Waals surface area contributed by atoms with Crippen molar-refractivity contribution < 1.29 is 17.9 Å². The first kappa shape index (κ1) is 16.5. The molecular formula is C13H20N2O4S. The number of nitrogens with one attached hydrogen (secondary N) is 2. The Balaban J connectivity index is 2.81. The van der Waals surface area contributed by atoms with Gasteiger partial charge in [-0.3, -0.25) is 0 Å². The van der Waals surface area contributed by atoms with Gasteiger partial charge in [-0.2, -0.15) is 0 Å². The third-order valence-corrected chi connectivity index (χ3v) is 3.86. The van der Waals surface area contributed by atoms with E-state index < -0.39 is 16.1 Å². The number of benzene rings is 1. The number of rotatable bonds is 4. The number of hydrazine groups is 1. The first-order valence-corrected chi connectivity index (χ1v) is 7.70. The molecule has 0 fully saturated rings. The molecule has 0 aliphatic heterocycles. The number of sulfonamides is 1. The standard InChI is InChI=1S/C13H20N2O4S/c1-5-19-12(16)14-15-20(17,18)11-8-6-10(7-9-11)13(2,3)4/h6-9,15H,5H2,1-4H3,(H,14,16). The Morgan fingerprint density at radius 3 is 2.20 bits per heavy atom. The summed E-state index contributed by atoms with van der Waals surface area (Å²) in [4.78, 5) is 13.1. The predicted molar refractivity (Wildman–Crippen MR) is 75.6 cm³/mol. The molecule has 6 nitrogen and oxygen atoms in total. The molecular weight excluding hydrogens is 280 g/mol. The predicted octanol–water partition coefficient (Wildman–Crippen LogP) is 1.92.